The maximum atomic E-state index is 4.15. The lowest BCUT2D eigenvalue weighted by atomic mass is 9.94. The Hall–Kier alpha value is -1.15. The molecule has 0 unspecified atom stereocenters. The van der Waals surface area contributed by atoms with Crippen molar-refractivity contribution in [1.82, 2.24) is 9.88 Å². The highest BCUT2D eigenvalue weighted by Gasteiger charge is 2.12. The number of nitrogens with zero attached hydrogens (tertiary/aromatic N) is 2. The number of rotatable bonds is 4. The first-order valence-electron chi connectivity index (χ1n) is 6.07. The minimum Gasteiger partial charge on any atom is -0.302 e. The fourth-order valence-electron chi connectivity index (χ4n) is 2.33. The highest BCUT2D eigenvalue weighted by molar-refractivity contribution is 5.08. The van der Waals surface area contributed by atoms with Crippen LogP contribution in [0.1, 0.15) is 24.8 Å². The van der Waals surface area contributed by atoms with Gasteiger partial charge in [0, 0.05) is 25.5 Å². The molecule has 0 aliphatic heterocycles. The van der Waals surface area contributed by atoms with Gasteiger partial charge in [-0.25, -0.2) is 0 Å². The molecule has 1 aliphatic carbocycles. The minimum absolute atomic E-state index is 0.840. The van der Waals surface area contributed by atoms with Crippen molar-refractivity contribution in [2.45, 2.75) is 25.8 Å². The van der Waals surface area contributed by atoms with Gasteiger partial charge in [-0.1, -0.05) is 18.2 Å². The normalized spacial score (nSPS) is 20.2. The summed E-state index contributed by atoms with van der Waals surface area (Å²) in [6, 6.07) is 4.15. The largest absolute Gasteiger partial charge is 0.302 e. The minimum atomic E-state index is 0.840. The van der Waals surface area contributed by atoms with Gasteiger partial charge in [-0.3, -0.25) is 4.98 Å². The molecule has 1 aromatic heterocycles. The van der Waals surface area contributed by atoms with Gasteiger partial charge in [0.05, 0.1) is 0 Å². The summed E-state index contributed by atoms with van der Waals surface area (Å²) in [5.41, 5.74) is 1.30. The van der Waals surface area contributed by atoms with E-state index in [1.807, 2.05) is 18.5 Å². The average Bonchev–Trinajstić information content (AvgIpc) is 2.31. The Labute approximate surface area is 98.0 Å². The van der Waals surface area contributed by atoms with Crippen LogP contribution in [-0.2, 0) is 6.54 Å². The Morgan fingerprint density at radius 1 is 1.44 bits per heavy atom. The van der Waals surface area contributed by atoms with Crippen molar-refractivity contribution < 1.29 is 0 Å². The molecule has 0 saturated carbocycles. The lowest BCUT2D eigenvalue weighted by Gasteiger charge is -2.24. The van der Waals surface area contributed by atoms with Crippen LogP contribution in [-0.4, -0.2) is 23.5 Å². The van der Waals surface area contributed by atoms with E-state index in [4.69, 9.17) is 0 Å². The van der Waals surface area contributed by atoms with Gasteiger partial charge >= 0.3 is 0 Å². The molecule has 2 rings (SSSR count). The zero-order chi connectivity index (χ0) is 11.2. The summed E-state index contributed by atoms with van der Waals surface area (Å²) in [5.74, 6) is 0.840. The molecule has 0 bridgehead atoms. The van der Waals surface area contributed by atoms with E-state index >= 15 is 0 Å². The van der Waals surface area contributed by atoms with E-state index in [1.165, 1.54) is 31.4 Å². The van der Waals surface area contributed by atoms with Gasteiger partial charge in [0.15, 0.2) is 0 Å². The molecule has 0 fully saturated rings. The smallest absolute Gasteiger partial charge is 0.0312 e. The van der Waals surface area contributed by atoms with Crippen LogP contribution in [0.25, 0.3) is 0 Å². The zero-order valence-corrected chi connectivity index (χ0v) is 9.97. The van der Waals surface area contributed by atoms with Gasteiger partial charge in [0.2, 0.25) is 0 Å². The molecule has 1 aromatic rings. The number of hydrogen-bond acceptors (Lipinski definition) is 2. The second kappa shape index (κ2) is 5.80. The zero-order valence-electron chi connectivity index (χ0n) is 9.97. The second-order valence-electron chi connectivity index (χ2n) is 4.71. The number of pyridine rings is 1. The molecule has 16 heavy (non-hydrogen) atoms. The van der Waals surface area contributed by atoms with Crippen LogP contribution in [0.5, 0.6) is 0 Å². The lowest BCUT2D eigenvalue weighted by molar-refractivity contribution is 0.258. The van der Waals surface area contributed by atoms with Crippen molar-refractivity contribution in [3.8, 4) is 0 Å². The molecular weight excluding hydrogens is 196 g/mol. The van der Waals surface area contributed by atoms with E-state index in [0.717, 1.165) is 12.5 Å². The molecule has 1 heterocycles. The van der Waals surface area contributed by atoms with Crippen LogP contribution in [0.2, 0.25) is 0 Å². The monoisotopic (exact) mass is 216 g/mol. The summed E-state index contributed by atoms with van der Waals surface area (Å²) in [4.78, 5) is 6.55. The quantitative estimate of drug-likeness (QED) is 0.719. The first kappa shape index (κ1) is 11.3. The van der Waals surface area contributed by atoms with Gasteiger partial charge in [-0.15, -0.1) is 0 Å². The molecule has 2 nitrogen and oxygen atoms in total. The van der Waals surface area contributed by atoms with Crippen LogP contribution in [0.15, 0.2) is 36.7 Å². The Morgan fingerprint density at radius 3 is 3.06 bits per heavy atom. The molecule has 0 amide bonds. The maximum Gasteiger partial charge on any atom is 0.0312 e. The summed E-state index contributed by atoms with van der Waals surface area (Å²) >= 11 is 0. The SMILES string of the molecule is CN(Cc1cccnc1)C[C@@H]1CC=CCC1. The highest BCUT2D eigenvalue weighted by atomic mass is 15.1. The first-order chi connectivity index (χ1) is 7.84. The number of allylic oxidation sites excluding steroid dienone is 2. The molecule has 0 aromatic carbocycles. The van der Waals surface area contributed by atoms with Crippen molar-refractivity contribution in [2.75, 3.05) is 13.6 Å². The highest BCUT2D eigenvalue weighted by Crippen LogP contribution is 2.19. The van der Waals surface area contributed by atoms with Gasteiger partial charge < -0.3 is 4.90 Å². The van der Waals surface area contributed by atoms with E-state index in [0.29, 0.717) is 0 Å². The lowest BCUT2D eigenvalue weighted by Crippen LogP contribution is -2.25. The fourth-order valence-corrected chi connectivity index (χ4v) is 2.33. The average molecular weight is 216 g/mol. The first-order valence-corrected chi connectivity index (χ1v) is 6.07. The Morgan fingerprint density at radius 2 is 2.38 bits per heavy atom. The van der Waals surface area contributed by atoms with E-state index in [1.54, 1.807) is 0 Å². The van der Waals surface area contributed by atoms with E-state index in [-0.39, 0.29) is 0 Å². The molecule has 2 heteroatoms. The van der Waals surface area contributed by atoms with Crippen LogP contribution < -0.4 is 0 Å². The summed E-state index contributed by atoms with van der Waals surface area (Å²) < 4.78 is 0. The van der Waals surface area contributed by atoms with E-state index in [9.17, 15) is 0 Å². The van der Waals surface area contributed by atoms with Crippen LogP contribution in [0.3, 0.4) is 0 Å². The molecule has 0 spiro atoms. The summed E-state index contributed by atoms with van der Waals surface area (Å²) in [6.07, 6.45) is 12.3. The third-order valence-electron chi connectivity index (χ3n) is 3.12. The Kier molecular flexibility index (Phi) is 4.11. The number of aromatic nitrogens is 1. The van der Waals surface area contributed by atoms with Crippen molar-refractivity contribution >= 4 is 0 Å². The van der Waals surface area contributed by atoms with E-state index < -0.39 is 0 Å². The number of hydrogen-bond donors (Lipinski definition) is 0. The third kappa shape index (κ3) is 3.46. The summed E-state index contributed by atoms with van der Waals surface area (Å²) in [7, 11) is 2.20. The van der Waals surface area contributed by atoms with Gasteiger partial charge in [-0.05, 0) is 43.9 Å². The van der Waals surface area contributed by atoms with Gasteiger partial charge in [-0.2, -0.15) is 0 Å². The summed E-state index contributed by atoms with van der Waals surface area (Å²) in [5, 5.41) is 0. The fraction of sp³-hybridized carbons (Fsp3) is 0.500. The molecule has 1 aliphatic rings. The van der Waals surface area contributed by atoms with Crippen LogP contribution in [0, 0.1) is 5.92 Å². The molecule has 86 valence electrons. The van der Waals surface area contributed by atoms with E-state index in [2.05, 4.69) is 35.1 Å². The molecule has 1 atom stereocenters. The van der Waals surface area contributed by atoms with Crippen LogP contribution in [0.4, 0.5) is 0 Å². The predicted molar refractivity (Wildman–Crippen MR) is 67.1 cm³/mol. The Bertz CT molecular complexity index is 332. The molecule has 0 saturated heterocycles. The van der Waals surface area contributed by atoms with Crippen molar-refractivity contribution in [3.05, 3.63) is 42.2 Å². The second-order valence-corrected chi connectivity index (χ2v) is 4.71. The Balaban J connectivity index is 1.80. The van der Waals surface area contributed by atoms with Crippen molar-refractivity contribution in [2.24, 2.45) is 5.92 Å². The third-order valence-corrected chi connectivity index (χ3v) is 3.12. The maximum absolute atomic E-state index is 4.15. The van der Waals surface area contributed by atoms with Crippen molar-refractivity contribution in [3.63, 3.8) is 0 Å². The van der Waals surface area contributed by atoms with Gasteiger partial charge in [0.1, 0.15) is 0 Å². The standard InChI is InChI=1S/C14H20N2/c1-16(11-13-6-3-2-4-7-13)12-14-8-5-9-15-10-14/h2-3,5,8-10,13H,4,6-7,11-12H2,1H3/t13-/m1/s1. The molecule has 0 radical (unpaired) electrons. The van der Waals surface area contributed by atoms with Crippen LogP contribution >= 0.6 is 0 Å². The van der Waals surface area contributed by atoms with Crippen molar-refractivity contribution in [1.29, 1.82) is 0 Å². The van der Waals surface area contributed by atoms with Gasteiger partial charge in [0.25, 0.3) is 0 Å². The summed E-state index contributed by atoms with van der Waals surface area (Å²) in [6.45, 7) is 2.20. The predicted octanol–water partition coefficient (Wildman–Crippen LogP) is 2.87. The molecular formula is C14H20N2. The topological polar surface area (TPSA) is 16.1 Å². The molecule has 0 N–H and O–H groups in total.